The number of methoxy groups -OCH3 is 1. The number of aliphatic carboxylic acids is 1. The van der Waals surface area contributed by atoms with Gasteiger partial charge >= 0.3 is 5.97 Å². The lowest BCUT2D eigenvalue weighted by Gasteiger charge is -2.34. The van der Waals surface area contributed by atoms with E-state index in [-0.39, 0.29) is 30.9 Å². The van der Waals surface area contributed by atoms with Crippen LogP contribution in [0.1, 0.15) is 35.2 Å². The molecule has 2 amide bonds. The Hall–Kier alpha value is -2.41. The second kappa shape index (κ2) is 8.31. The van der Waals surface area contributed by atoms with Gasteiger partial charge in [0.2, 0.25) is 5.91 Å². The van der Waals surface area contributed by atoms with E-state index in [1.807, 2.05) is 31.2 Å². The van der Waals surface area contributed by atoms with E-state index < -0.39 is 11.4 Å². The Morgan fingerprint density at radius 1 is 1.18 bits per heavy atom. The quantitative estimate of drug-likeness (QED) is 0.831. The number of likely N-dealkylation sites (tertiary alicyclic amines) is 2. The molecule has 28 heavy (non-hydrogen) atoms. The monoisotopic (exact) mass is 388 g/mol. The third kappa shape index (κ3) is 4.04. The predicted octanol–water partition coefficient (Wildman–Crippen LogP) is 1.80. The maximum Gasteiger partial charge on any atom is 0.313 e. The molecule has 2 aliphatic heterocycles. The first-order valence-corrected chi connectivity index (χ1v) is 9.73. The van der Waals surface area contributed by atoms with Gasteiger partial charge in [-0.25, -0.2) is 0 Å². The fourth-order valence-corrected chi connectivity index (χ4v) is 4.19. The molecule has 0 aliphatic carbocycles. The van der Waals surface area contributed by atoms with Crippen LogP contribution in [0.15, 0.2) is 24.3 Å². The van der Waals surface area contributed by atoms with E-state index in [9.17, 15) is 19.5 Å². The summed E-state index contributed by atoms with van der Waals surface area (Å²) < 4.78 is 5.10. The normalized spacial score (nSPS) is 25.0. The first kappa shape index (κ1) is 20.3. The van der Waals surface area contributed by atoms with E-state index in [1.165, 1.54) is 7.11 Å². The van der Waals surface area contributed by atoms with Crippen molar-refractivity contribution < 1.29 is 24.2 Å². The molecule has 2 atom stereocenters. The molecule has 0 saturated carbocycles. The van der Waals surface area contributed by atoms with Gasteiger partial charge in [0.1, 0.15) is 5.41 Å². The SMILES string of the molecule is COCC1(C(=O)O)CCN(C(=O)C2CCCN(C(=O)c3ccc(C)cc3)C2)C1. The van der Waals surface area contributed by atoms with Crippen molar-refractivity contribution in [3.63, 3.8) is 0 Å². The van der Waals surface area contributed by atoms with Gasteiger partial charge < -0.3 is 19.6 Å². The zero-order chi connectivity index (χ0) is 20.3. The minimum absolute atomic E-state index is 0.0550. The number of amides is 2. The van der Waals surface area contributed by atoms with Crippen molar-refractivity contribution in [3.05, 3.63) is 35.4 Å². The number of aryl methyl sites for hydroxylation is 1. The molecule has 2 saturated heterocycles. The second-order valence-electron chi connectivity index (χ2n) is 7.98. The molecule has 3 rings (SSSR count). The molecule has 0 bridgehead atoms. The number of nitrogens with zero attached hydrogens (tertiary/aromatic N) is 2. The average Bonchev–Trinajstić information content (AvgIpc) is 3.13. The summed E-state index contributed by atoms with van der Waals surface area (Å²) in [5.41, 5.74) is 0.691. The van der Waals surface area contributed by atoms with Crippen molar-refractivity contribution in [1.29, 1.82) is 0 Å². The number of rotatable bonds is 5. The molecule has 1 aromatic rings. The zero-order valence-corrected chi connectivity index (χ0v) is 16.5. The molecule has 152 valence electrons. The molecule has 0 aromatic heterocycles. The van der Waals surface area contributed by atoms with E-state index in [0.29, 0.717) is 31.6 Å². The summed E-state index contributed by atoms with van der Waals surface area (Å²) in [5.74, 6) is -1.32. The fourth-order valence-electron chi connectivity index (χ4n) is 4.19. The molecular weight excluding hydrogens is 360 g/mol. The maximum absolute atomic E-state index is 13.0. The van der Waals surface area contributed by atoms with Crippen LogP contribution in [0.2, 0.25) is 0 Å². The van der Waals surface area contributed by atoms with Crippen LogP contribution >= 0.6 is 0 Å². The summed E-state index contributed by atoms with van der Waals surface area (Å²) in [4.78, 5) is 40.9. The summed E-state index contributed by atoms with van der Waals surface area (Å²) in [7, 11) is 1.48. The van der Waals surface area contributed by atoms with Crippen LogP contribution in [0.25, 0.3) is 0 Å². The highest BCUT2D eigenvalue weighted by Crippen LogP contribution is 2.33. The summed E-state index contributed by atoms with van der Waals surface area (Å²) in [6.45, 7) is 3.66. The van der Waals surface area contributed by atoms with Crippen LogP contribution in [0.3, 0.4) is 0 Å². The van der Waals surface area contributed by atoms with E-state index in [1.54, 1.807) is 9.80 Å². The first-order chi connectivity index (χ1) is 13.4. The number of carbonyl (C=O) groups excluding carboxylic acids is 2. The molecule has 0 radical (unpaired) electrons. The van der Waals surface area contributed by atoms with Gasteiger partial charge in [-0.05, 0) is 38.3 Å². The summed E-state index contributed by atoms with van der Waals surface area (Å²) >= 11 is 0. The molecule has 1 N–H and O–H groups in total. The van der Waals surface area contributed by atoms with Gasteiger partial charge in [0, 0.05) is 38.9 Å². The van der Waals surface area contributed by atoms with E-state index in [2.05, 4.69) is 0 Å². The Kier molecular flexibility index (Phi) is 6.03. The Morgan fingerprint density at radius 2 is 1.89 bits per heavy atom. The molecule has 2 unspecified atom stereocenters. The van der Waals surface area contributed by atoms with Crippen molar-refractivity contribution in [3.8, 4) is 0 Å². The minimum atomic E-state index is -1.03. The molecule has 7 nitrogen and oxygen atoms in total. The topological polar surface area (TPSA) is 87.2 Å². The fraction of sp³-hybridized carbons (Fsp3) is 0.571. The lowest BCUT2D eigenvalue weighted by molar-refractivity contribution is -0.152. The largest absolute Gasteiger partial charge is 0.481 e. The van der Waals surface area contributed by atoms with Gasteiger partial charge in [-0.3, -0.25) is 14.4 Å². The first-order valence-electron chi connectivity index (χ1n) is 9.73. The standard InChI is InChI=1S/C21H28N2O5/c1-15-5-7-16(8-6-15)18(24)22-10-3-4-17(12-22)19(25)23-11-9-21(13-23,14-28-2)20(26)27/h5-8,17H,3-4,9-14H2,1-2H3,(H,26,27). The van der Waals surface area contributed by atoms with Gasteiger partial charge in [0.15, 0.2) is 0 Å². The number of carboxylic acids is 1. The van der Waals surface area contributed by atoms with Crippen LogP contribution < -0.4 is 0 Å². The van der Waals surface area contributed by atoms with Gasteiger partial charge in [0.05, 0.1) is 12.5 Å². The second-order valence-corrected chi connectivity index (χ2v) is 7.98. The van der Waals surface area contributed by atoms with Crippen molar-refractivity contribution >= 4 is 17.8 Å². The highest BCUT2D eigenvalue weighted by atomic mass is 16.5. The van der Waals surface area contributed by atoms with Crippen LogP contribution in [0.5, 0.6) is 0 Å². The van der Waals surface area contributed by atoms with Gasteiger partial charge in [-0.1, -0.05) is 17.7 Å². The molecule has 7 heteroatoms. The van der Waals surface area contributed by atoms with Crippen molar-refractivity contribution in [2.45, 2.75) is 26.2 Å². The smallest absolute Gasteiger partial charge is 0.313 e. The highest BCUT2D eigenvalue weighted by molar-refractivity contribution is 5.94. The molecule has 0 spiro atoms. The summed E-state index contributed by atoms with van der Waals surface area (Å²) in [6, 6.07) is 7.45. The number of hydrogen-bond donors (Lipinski definition) is 1. The summed E-state index contributed by atoms with van der Waals surface area (Å²) in [6.07, 6.45) is 1.88. The van der Waals surface area contributed by atoms with Crippen LogP contribution in [0, 0.1) is 18.3 Å². The maximum atomic E-state index is 13.0. The Bertz CT molecular complexity index is 748. The average molecular weight is 388 g/mol. The van der Waals surface area contributed by atoms with Crippen molar-refractivity contribution in [2.24, 2.45) is 11.3 Å². The molecule has 2 aliphatic rings. The van der Waals surface area contributed by atoms with Crippen LogP contribution in [-0.4, -0.2) is 72.6 Å². The van der Waals surface area contributed by atoms with Crippen LogP contribution in [0.4, 0.5) is 0 Å². The Balaban J connectivity index is 1.65. The summed E-state index contributed by atoms with van der Waals surface area (Å²) in [5, 5.41) is 9.59. The Labute approximate surface area is 165 Å². The number of hydrogen-bond acceptors (Lipinski definition) is 4. The number of carbonyl (C=O) groups is 3. The number of piperidine rings is 1. The molecular formula is C21H28N2O5. The van der Waals surface area contributed by atoms with Gasteiger partial charge in [0.25, 0.3) is 5.91 Å². The number of carboxylic acid groups (broad SMARTS) is 1. The van der Waals surface area contributed by atoms with E-state index in [4.69, 9.17) is 4.74 Å². The van der Waals surface area contributed by atoms with Crippen LogP contribution in [-0.2, 0) is 14.3 Å². The third-order valence-corrected chi connectivity index (χ3v) is 5.90. The molecule has 2 fully saturated rings. The molecule has 1 aromatic carbocycles. The van der Waals surface area contributed by atoms with Gasteiger partial charge in [-0.2, -0.15) is 0 Å². The van der Waals surface area contributed by atoms with Crippen molar-refractivity contribution in [1.82, 2.24) is 9.80 Å². The van der Waals surface area contributed by atoms with Gasteiger partial charge in [-0.15, -0.1) is 0 Å². The zero-order valence-electron chi connectivity index (χ0n) is 16.5. The lowest BCUT2D eigenvalue weighted by Crippen LogP contribution is -2.47. The van der Waals surface area contributed by atoms with E-state index >= 15 is 0 Å². The van der Waals surface area contributed by atoms with E-state index in [0.717, 1.165) is 18.4 Å². The number of benzene rings is 1. The highest BCUT2D eigenvalue weighted by Gasteiger charge is 2.47. The molecule has 2 heterocycles. The number of ether oxygens (including phenoxy) is 1. The Morgan fingerprint density at radius 3 is 2.54 bits per heavy atom. The lowest BCUT2D eigenvalue weighted by atomic mass is 9.88. The minimum Gasteiger partial charge on any atom is -0.481 e. The third-order valence-electron chi connectivity index (χ3n) is 5.90. The predicted molar refractivity (Wildman–Crippen MR) is 103 cm³/mol. The van der Waals surface area contributed by atoms with Crippen molar-refractivity contribution in [2.75, 3.05) is 39.9 Å².